The minimum atomic E-state index is -1.21. The van der Waals surface area contributed by atoms with Crippen molar-refractivity contribution in [2.75, 3.05) is 0 Å². The highest BCUT2D eigenvalue weighted by Gasteiger charge is 2.33. The molecule has 3 aromatic rings. The Morgan fingerprint density at radius 2 is 1.79 bits per heavy atom. The fourth-order valence-electron chi connectivity index (χ4n) is 5.27. The van der Waals surface area contributed by atoms with Crippen LogP contribution in [-0.4, -0.2) is 16.7 Å². The maximum atomic E-state index is 14.2. The first-order valence-electron chi connectivity index (χ1n) is 12.0. The number of halogens is 1. The van der Waals surface area contributed by atoms with Gasteiger partial charge in [-0.15, -0.1) is 0 Å². The lowest BCUT2D eigenvalue weighted by atomic mass is 9.86. The highest BCUT2D eigenvalue weighted by Crippen LogP contribution is 2.43. The second-order valence-electron chi connectivity index (χ2n) is 9.76. The molecule has 0 saturated heterocycles. The summed E-state index contributed by atoms with van der Waals surface area (Å²) in [5.74, 6) is 1.02. The number of benzene rings is 3. The molecule has 0 radical (unpaired) electrons. The van der Waals surface area contributed by atoms with Crippen molar-refractivity contribution in [2.45, 2.75) is 70.3 Å². The maximum absolute atomic E-state index is 14.2. The van der Waals surface area contributed by atoms with Crippen molar-refractivity contribution in [1.82, 2.24) is 0 Å². The normalized spacial score (nSPS) is 21.0. The van der Waals surface area contributed by atoms with E-state index in [2.05, 4.69) is 19.1 Å². The molecule has 3 unspecified atom stereocenters. The Balaban J connectivity index is 1.40. The molecule has 0 aromatic heterocycles. The third-order valence-corrected chi connectivity index (χ3v) is 7.49. The topological polar surface area (TPSA) is 46.5 Å². The molecule has 0 bridgehead atoms. The van der Waals surface area contributed by atoms with Crippen LogP contribution in [0.5, 0.6) is 5.75 Å². The van der Waals surface area contributed by atoms with E-state index in [1.54, 1.807) is 13.0 Å². The van der Waals surface area contributed by atoms with Crippen LogP contribution in [0.15, 0.2) is 60.7 Å². The second kappa shape index (κ2) is 9.54. The lowest BCUT2D eigenvalue weighted by Gasteiger charge is -2.25. The number of hydrogen-bond donors (Lipinski definition) is 1. The number of ether oxygens (including phenoxy) is 1. The zero-order valence-electron chi connectivity index (χ0n) is 19.7. The summed E-state index contributed by atoms with van der Waals surface area (Å²) in [5.41, 5.74) is 1.31. The molecule has 3 nitrogen and oxygen atoms in total. The molecule has 33 heavy (non-hydrogen) atoms. The van der Waals surface area contributed by atoms with Gasteiger partial charge in [0.25, 0.3) is 0 Å². The van der Waals surface area contributed by atoms with E-state index in [1.807, 2.05) is 49.4 Å². The van der Waals surface area contributed by atoms with E-state index in [0.717, 1.165) is 24.6 Å². The lowest BCUT2D eigenvalue weighted by Crippen LogP contribution is -2.40. The van der Waals surface area contributed by atoms with Crippen LogP contribution in [-0.2, 0) is 4.79 Å². The summed E-state index contributed by atoms with van der Waals surface area (Å²) < 4.78 is 20.0. The van der Waals surface area contributed by atoms with Crippen LogP contribution < -0.4 is 4.74 Å². The Hall–Kier alpha value is -2.88. The van der Waals surface area contributed by atoms with Crippen LogP contribution in [0.25, 0.3) is 10.8 Å². The number of hydrogen-bond acceptors (Lipinski definition) is 2. The molecule has 4 atom stereocenters. The standard InChI is InChI=1S/C29H33FO3/c1-4-29(3,28(31)32)33-23-13-11-21(12-14-23)22-10-9-20(18-22)17-19(2)24-15-16-27(30)26-8-6-5-7-25(24)26/h5-8,11-16,19-20,22H,4,9-10,17-18H2,1-3H3,(H,31,32)/t19-,20?,22?,29?/m0/s1. The second-order valence-corrected chi connectivity index (χ2v) is 9.76. The highest BCUT2D eigenvalue weighted by molar-refractivity contribution is 5.86. The van der Waals surface area contributed by atoms with E-state index in [1.165, 1.54) is 17.5 Å². The van der Waals surface area contributed by atoms with Gasteiger partial charge in [0.2, 0.25) is 5.60 Å². The average molecular weight is 449 g/mol. The molecule has 174 valence electrons. The fraction of sp³-hybridized carbons (Fsp3) is 0.414. The van der Waals surface area contributed by atoms with Gasteiger partial charge in [-0.05, 0) is 91.5 Å². The number of fused-ring (bicyclic) bond motifs is 1. The van der Waals surface area contributed by atoms with Crippen LogP contribution in [0.3, 0.4) is 0 Å². The minimum Gasteiger partial charge on any atom is -0.478 e. The molecule has 0 amide bonds. The van der Waals surface area contributed by atoms with Gasteiger partial charge in [-0.3, -0.25) is 0 Å². The molecule has 0 spiro atoms. The van der Waals surface area contributed by atoms with Gasteiger partial charge in [-0.1, -0.05) is 56.3 Å². The van der Waals surface area contributed by atoms with Crippen LogP contribution in [0.1, 0.15) is 75.8 Å². The Morgan fingerprint density at radius 3 is 2.45 bits per heavy atom. The van der Waals surface area contributed by atoms with Gasteiger partial charge in [0.15, 0.2) is 0 Å². The van der Waals surface area contributed by atoms with E-state index in [0.29, 0.717) is 35.3 Å². The first kappa shape index (κ1) is 23.3. The molecule has 3 aromatic carbocycles. The van der Waals surface area contributed by atoms with Crippen molar-refractivity contribution in [3.05, 3.63) is 77.6 Å². The van der Waals surface area contributed by atoms with Crippen LogP contribution in [0, 0.1) is 11.7 Å². The van der Waals surface area contributed by atoms with E-state index in [4.69, 9.17) is 4.74 Å². The summed E-state index contributed by atoms with van der Waals surface area (Å²) in [4.78, 5) is 11.5. The SMILES string of the molecule is CCC(C)(Oc1ccc(C2CCC(C[C@H](C)c3ccc(F)c4ccccc34)C2)cc1)C(=O)O. The summed E-state index contributed by atoms with van der Waals surface area (Å²) in [6.45, 7) is 5.68. The van der Waals surface area contributed by atoms with Crippen LogP contribution >= 0.6 is 0 Å². The van der Waals surface area contributed by atoms with Gasteiger partial charge in [0, 0.05) is 5.39 Å². The lowest BCUT2D eigenvalue weighted by molar-refractivity contribution is -0.154. The third kappa shape index (κ3) is 4.90. The third-order valence-electron chi connectivity index (χ3n) is 7.49. The van der Waals surface area contributed by atoms with Crippen molar-refractivity contribution in [3.8, 4) is 5.75 Å². The number of aliphatic carboxylic acids is 1. The smallest absolute Gasteiger partial charge is 0.347 e. The van der Waals surface area contributed by atoms with Gasteiger partial charge in [-0.25, -0.2) is 9.18 Å². The van der Waals surface area contributed by atoms with Gasteiger partial charge >= 0.3 is 5.97 Å². The Bertz CT molecular complexity index is 1120. The van der Waals surface area contributed by atoms with Crippen molar-refractivity contribution in [2.24, 2.45) is 5.92 Å². The first-order chi connectivity index (χ1) is 15.8. The monoisotopic (exact) mass is 448 g/mol. The molecule has 1 saturated carbocycles. The predicted octanol–water partition coefficient (Wildman–Crippen LogP) is 7.69. The van der Waals surface area contributed by atoms with Gasteiger partial charge in [0.05, 0.1) is 0 Å². The molecule has 1 fully saturated rings. The predicted molar refractivity (Wildman–Crippen MR) is 130 cm³/mol. The summed E-state index contributed by atoms with van der Waals surface area (Å²) in [6, 6.07) is 19.3. The Morgan fingerprint density at radius 1 is 1.09 bits per heavy atom. The molecular weight excluding hydrogens is 415 g/mol. The number of rotatable bonds is 8. The molecule has 0 aliphatic heterocycles. The van der Waals surface area contributed by atoms with Gasteiger partial charge in [-0.2, -0.15) is 0 Å². The largest absolute Gasteiger partial charge is 0.478 e. The zero-order valence-corrected chi connectivity index (χ0v) is 19.7. The molecule has 4 heteroatoms. The molecular formula is C29H33FO3. The summed E-state index contributed by atoms with van der Waals surface area (Å²) in [5, 5.41) is 11.2. The highest BCUT2D eigenvalue weighted by atomic mass is 19.1. The van der Waals surface area contributed by atoms with Crippen molar-refractivity contribution in [1.29, 1.82) is 0 Å². The molecule has 1 aliphatic carbocycles. The minimum absolute atomic E-state index is 0.155. The van der Waals surface area contributed by atoms with Gasteiger partial charge in [0.1, 0.15) is 11.6 Å². The van der Waals surface area contributed by atoms with Crippen LogP contribution in [0.2, 0.25) is 0 Å². The van der Waals surface area contributed by atoms with Gasteiger partial charge < -0.3 is 9.84 Å². The average Bonchev–Trinajstić information content (AvgIpc) is 3.28. The maximum Gasteiger partial charge on any atom is 0.347 e. The molecule has 1 aliphatic rings. The zero-order chi connectivity index (χ0) is 23.6. The van der Waals surface area contributed by atoms with E-state index in [-0.39, 0.29) is 5.82 Å². The molecule has 1 N–H and O–H groups in total. The van der Waals surface area contributed by atoms with Crippen molar-refractivity contribution >= 4 is 16.7 Å². The fourth-order valence-corrected chi connectivity index (χ4v) is 5.27. The first-order valence-corrected chi connectivity index (χ1v) is 12.0. The Kier molecular flexibility index (Phi) is 6.73. The number of carboxylic acids is 1. The Labute approximate surface area is 195 Å². The molecule has 4 rings (SSSR count). The number of carbonyl (C=O) groups is 1. The molecule has 0 heterocycles. The van der Waals surface area contributed by atoms with E-state index in [9.17, 15) is 14.3 Å². The van der Waals surface area contributed by atoms with E-state index >= 15 is 0 Å². The summed E-state index contributed by atoms with van der Waals surface area (Å²) in [7, 11) is 0. The summed E-state index contributed by atoms with van der Waals surface area (Å²) in [6.07, 6.45) is 4.99. The van der Waals surface area contributed by atoms with E-state index < -0.39 is 11.6 Å². The number of carboxylic acid groups (broad SMARTS) is 1. The summed E-state index contributed by atoms with van der Waals surface area (Å²) >= 11 is 0. The van der Waals surface area contributed by atoms with Crippen LogP contribution in [0.4, 0.5) is 4.39 Å². The quantitative estimate of drug-likeness (QED) is 0.384. The van der Waals surface area contributed by atoms with Crippen molar-refractivity contribution in [3.63, 3.8) is 0 Å². The van der Waals surface area contributed by atoms with Crippen molar-refractivity contribution < 1.29 is 19.0 Å².